The second kappa shape index (κ2) is 5.41. The van der Waals surface area contributed by atoms with Gasteiger partial charge >= 0.3 is 5.97 Å². The molecule has 0 aliphatic carbocycles. The first-order valence-corrected chi connectivity index (χ1v) is 7.67. The summed E-state index contributed by atoms with van der Waals surface area (Å²) in [6.45, 7) is 2.94. The zero-order valence-corrected chi connectivity index (χ0v) is 12.9. The van der Waals surface area contributed by atoms with E-state index in [4.69, 9.17) is 5.11 Å². The number of hydrogen-bond donors (Lipinski definition) is 2. The molecule has 0 spiro atoms. The lowest BCUT2D eigenvalue weighted by Crippen LogP contribution is -2.17. The molecule has 0 aliphatic rings. The van der Waals surface area contributed by atoms with E-state index in [-0.39, 0.29) is 16.9 Å². The Morgan fingerprint density at radius 3 is 2.55 bits per heavy atom. The van der Waals surface area contributed by atoms with Crippen molar-refractivity contribution in [3.8, 4) is 0 Å². The van der Waals surface area contributed by atoms with Crippen LogP contribution in [0.2, 0.25) is 0 Å². The van der Waals surface area contributed by atoms with Crippen molar-refractivity contribution < 1.29 is 22.7 Å². The first kappa shape index (κ1) is 16.0. The minimum absolute atomic E-state index is 0.137. The normalized spacial score (nSPS) is 11.5. The summed E-state index contributed by atoms with van der Waals surface area (Å²) in [6.07, 6.45) is 0. The quantitative estimate of drug-likeness (QED) is 0.889. The van der Waals surface area contributed by atoms with Crippen LogP contribution in [0, 0.1) is 19.7 Å². The highest BCUT2D eigenvalue weighted by atomic mass is 32.2. The first-order valence-electron chi connectivity index (χ1n) is 6.19. The van der Waals surface area contributed by atoms with Crippen LogP contribution in [0.1, 0.15) is 21.7 Å². The van der Waals surface area contributed by atoms with Crippen molar-refractivity contribution >= 4 is 21.7 Å². The Hall–Kier alpha value is -2.42. The summed E-state index contributed by atoms with van der Waals surface area (Å²) in [7, 11) is -2.72. The van der Waals surface area contributed by atoms with Crippen LogP contribution < -0.4 is 4.72 Å². The number of carboxylic acid groups (broad SMARTS) is 1. The molecule has 1 heterocycles. The van der Waals surface area contributed by atoms with Gasteiger partial charge in [-0.25, -0.2) is 17.6 Å². The van der Waals surface area contributed by atoms with E-state index < -0.39 is 32.4 Å². The number of sulfonamides is 1. The number of carbonyl (C=O) groups is 1. The number of aromatic nitrogens is 2. The number of hydrogen-bond acceptors (Lipinski definition) is 4. The van der Waals surface area contributed by atoms with Crippen LogP contribution in [-0.2, 0) is 17.1 Å². The maximum absolute atomic E-state index is 13.2. The second-order valence-electron chi connectivity index (χ2n) is 4.76. The third kappa shape index (κ3) is 2.80. The van der Waals surface area contributed by atoms with Gasteiger partial charge in [0.25, 0.3) is 10.0 Å². The number of benzene rings is 1. The van der Waals surface area contributed by atoms with Crippen LogP contribution in [-0.4, -0.2) is 29.3 Å². The molecule has 9 heteroatoms. The molecule has 2 N–H and O–H groups in total. The Morgan fingerprint density at radius 2 is 2.00 bits per heavy atom. The van der Waals surface area contributed by atoms with Crippen molar-refractivity contribution in [3.05, 3.63) is 41.0 Å². The van der Waals surface area contributed by atoms with Gasteiger partial charge in [0.15, 0.2) is 5.69 Å². The van der Waals surface area contributed by atoms with E-state index in [2.05, 4.69) is 9.82 Å². The number of anilines is 1. The zero-order valence-electron chi connectivity index (χ0n) is 12.1. The largest absolute Gasteiger partial charge is 0.476 e. The van der Waals surface area contributed by atoms with Gasteiger partial charge in [-0.05, 0) is 37.6 Å². The second-order valence-corrected chi connectivity index (χ2v) is 6.38. The molecule has 0 fully saturated rings. The standard InChI is InChI=1S/C13H14FN3O4S/c1-7-6-9(4-5-10(7)14)16-22(20,21)12-8(2)17(3)15-11(12)13(18)19/h4-6,16H,1-3H3,(H,18,19). The average Bonchev–Trinajstić information content (AvgIpc) is 2.71. The van der Waals surface area contributed by atoms with E-state index in [9.17, 15) is 17.6 Å². The van der Waals surface area contributed by atoms with E-state index >= 15 is 0 Å². The SMILES string of the molecule is Cc1cc(NS(=O)(=O)c2c(C(=O)O)nn(C)c2C)ccc1F. The van der Waals surface area contributed by atoms with Crippen molar-refractivity contribution in [1.29, 1.82) is 0 Å². The topological polar surface area (TPSA) is 101 Å². The Morgan fingerprint density at radius 1 is 1.36 bits per heavy atom. The van der Waals surface area contributed by atoms with E-state index in [0.29, 0.717) is 0 Å². The molecule has 1 aromatic heterocycles. The smallest absolute Gasteiger partial charge is 0.357 e. The van der Waals surface area contributed by atoms with Gasteiger partial charge in [0, 0.05) is 12.7 Å². The van der Waals surface area contributed by atoms with E-state index in [1.165, 1.54) is 37.7 Å². The summed E-state index contributed by atoms with van der Waals surface area (Å²) in [5.74, 6) is -1.91. The van der Waals surface area contributed by atoms with Crippen molar-refractivity contribution in [2.45, 2.75) is 18.7 Å². The number of nitrogens with one attached hydrogen (secondary N) is 1. The predicted octanol–water partition coefficient (Wildman–Crippen LogP) is 1.68. The molecule has 0 saturated heterocycles. The van der Waals surface area contributed by atoms with Gasteiger partial charge in [-0.2, -0.15) is 5.10 Å². The summed E-state index contributed by atoms with van der Waals surface area (Å²) in [5, 5.41) is 12.8. The third-order valence-corrected chi connectivity index (χ3v) is 4.69. The summed E-state index contributed by atoms with van der Waals surface area (Å²) in [5.41, 5.74) is 0.0233. The highest BCUT2D eigenvalue weighted by molar-refractivity contribution is 7.92. The lowest BCUT2D eigenvalue weighted by molar-refractivity contribution is 0.0685. The molecule has 0 amide bonds. The summed E-state index contributed by atoms with van der Waals surface area (Å²) >= 11 is 0. The van der Waals surface area contributed by atoms with Crippen molar-refractivity contribution in [2.75, 3.05) is 4.72 Å². The Bertz CT molecular complexity index is 858. The van der Waals surface area contributed by atoms with Gasteiger partial charge in [0.2, 0.25) is 0 Å². The van der Waals surface area contributed by atoms with Gasteiger partial charge in [-0.3, -0.25) is 9.40 Å². The molecule has 0 atom stereocenters. The van der Waals surface area contributed by atoms with E-state index in [1.54, 1.807) is 0 Å². The van der Waals surface area contributed by atoms with Gasteiger partial charge in [-0.15, -0.1) is 0 Å². The minimum atomic E-state index is -4.17. The van der Waals surface area contributed by atoms with E-state index in [1.807, 2.05) is 0 Å². The molecule has 0 unspecified atom stereocenters. The number of aromatic carboxylic acids is 1. The number of halogens is 1. The lowest BCUT2D eigenvalue weighted by atomic mass is 10.2. The molecule has 0 bridgehead atoms. The molecule has 2 rings (SSSR count). The van der Waals surface area contributed by atoms with Crippen molar-refractivity contribution in [1.82, 2.24) is 9.78 Å². The fourth-order valence-electron chi connectivity index (χ4n) is 1.96. The molecular formula is C13H14FN3O4S. The molecule has 118 valence electrons. The van der Waals surface area contributed by atoms with Crippen LogP contribution in [0.5, 0.6) is 0 Å². The lowest BCUT2D eigenvalue weighted by Gasteiger charge is -2.09. The zero-order chi connectivity index (χ0) is 16.7. The molecule has 0 saturated carbocycles. The Kier molecular flexibility index (Phi) is 3.92. The third-order valence-electron chi connectivity index (χ3n) is 3.16. The van der Waals surface area contributed by atoms with Crippen molar-refractivity contribution in [2.24, 2.45) is 7.05 Å². The molecule has 7 nitrogen and oxygen atoms in total. The van der Waals surface area contributed by atoms with E-state index in [0.717, 1.165) is 6.07 Å². The number of aryl methyl sites for hydroxylation is 2. The predicted molar refractivity (Wildman–Crippen MR) is 76.8 cm³/mol. The van der Waals surface area contributed by atoms with Gasteiger partial charge in [0.1, 0.15) is 10.7 Å². The summed E-state index contributed by atoms with van der Waals surface area (Å²) in [4.78, 5) is 10.8. The Balaban J connectivity index is 2.51. The summed E-state index contributed by atoms with van der Waals surface area (Å²) < 4.78 is 41.5. The number of rotatable bonds is 4. The van der Waals surface area contributed by atoms with Crippen LogP contribution in [0.4, 0.5) is 10.1 Å². The summed E-state index contributed by atoms with van der Waals surface area (Å²) in [6, 6.07) is 3.70. The van der Waals surface area contributed by atoms with Gasteiger partial charge < -0.3 is 5.11 Å². The molecule has 0 aliphatic heterocycles. The molecular weight excluding hydrogens is 313 g/mol. The van der Waals surface area contributed by atoms with Crippen molar-refractivity contribution in [3.63, 3.8) is 0 Å². The highest BCUT2D eigenvalue weighted by Gasteiger charge is 2.29. The van der Waals surface area contributed by atoms with Crippen LogP contribution >= 0.6 is 0 Å². The average molecular weight is 327 g/mol. The maximum Gasteiger partial charge on any atom is 0.357 e. The van der Waals surface area contributed by atoms with Crippen LogP contribution in [0.25, 0.3) is 0 Å². The molecule has 0 radical (unpaired) electrons. The number of carboxylic acids is 1. The number of nitrogens with zero attached hydrogens (tertiary/aromatic N) is 2. The molecule has 22 heavy (non-hydrogen) atoms. The minimum Gasteiger partial charge on any atom is -0.476 e. The Labute approximate surface area is 126 Å². The highest BCUT2D eigenvalue weighted by Crippen LogP contribution is 2.23. The first-order chi connectivity index (χ1) is 10.1. The monoisotopic (exact) mass is 327 g/mol. The fourth-order valence-corrected chi connectivity index (χ4v) is 3.41. The van der Waals surface area contributed by atoms with Crippen LogP contribution in [0.3, 0.4) is 0 Å². The fraction of sp³-hybridized carbons (Fsp3) is 0.231. The van der Waals surface area contributed by atoms with Gasteiger partial charge in [0.05, 0.1) is 5.69 Å². The molecule has 1 aromatic carbocycles. The van der Waals surface area contributed by atoms with Crippen LogP contribution in [0.15, 0.2) is 23.1 Å². The van der Waals surface area contributed by atoms with Gasteiger partial charge in [-0.1, -0.05) is 0 Å². The molecule has 2 aromatic rings. The maximum atomic E-state index is 13.2.